The molecule has 2 rings (SSSR count). The summed E-state index contributed by atoms with van der Waals surface area (Å²) in [6.45, 7) is 2.68. The smallest absolute Gasteiger partial charge is 0.169 e. The van der Waals surface area contributed by atoms with E-state index in [2.05, 4.69) is 0 Å². The van der Waals surface area contributed by atoms with Gasteiger partial charge in [0.25, 0.3) is 0 Å². The number of ether oxygens (including phenoxy) is 2. The van der Waals surface area contributed by atoms with Crippen molar-refractivity contribution in [2.45, 2.75) is 25.5 Å². The van der Waals surface area contributed by atoms with Gasteiger partial charge in [0.15, 0.2) is 11.6 Å². The molecule has 1 aromatic carbocycles. The second-order valence-electron chi connectivity index (χ2n) is 4.42. The molecule has 4 heteroatoms. The Balaban J connectivity index is 2.27. The molecule has 3 atom stereocenters. The highest BCUT2D eigenvalue weighted by Crippen LogP contribution is 2.34. The van der Waals surface area contributed by atoms with Crippen molar-refractivity contribution in [2.75, 3.05) is 13.7 Å². The van der Waals surface area contributed by atoms with Crippen LogP contribution >= 0.6 is 0 Å². The van der Waals surface area contributed by atoms with E-state index in [9.17, 15) is 4.39 Å². The van der Waals surface area contributed by atoms with Crippen LogP contribution in [-0.2, 0) is 4.74 Å². The fourth-order valence-corrected chi connectivity index (χ4v) is 2.39. The van der Waals surface area contributed by atoms with Crippen LogP contribution in [0, 0.1) is 11.7 Å². The zero-order valence-electron chi connectivity index (χ0n) is 10.2. The molecule has 3 nitrogen and oxygen atoms in total. The van der Waals surface area contributed by atoms with Crippen molar-refractivity contribution in [3.8, 4) is 5.75 Å². The van der Waals surface area contributed by atoms with E-state index in [1.54, 1.807) is 18.2 Å². The van der Waals surface area contributed by atoms with E-state index in [1.165, 1.54) is 7.11 Å². The zero-order chi connectivity index (χ0) is 12.4. The van der Waals surface area contributed by atoms with Crippen LogP contribution in [0.25, 0.3) is 0 Å². The summed E-state index contributed by atoms with van der Waals surface area (Å²) in [6.07, 6.45) is 0.953. The standard InChI is InChI=1S/C13H18FNO2/c1-8-9(6-7-17-8)13(15)10-4-3-5-11(16-2)12(10)14/h3-5,8-9,13H,6-7,15H2,1-2H3. The number of nitrogens with two attached hydrogens (primary N) is 1. The predicted molar refractivity (Wildman–Crippen MR) is 63.4 cm³/mol. The van der Waals surface area contributed by atoms with Gasteiger partial charge in [0.05, 0.1) is 13.2 Å². The molecule has 0 aliphatic carbocycles. The van der Waals surface area contributed by atoms with Gasteiger partial charge in [-0.25, -0.2) is 4.39 Å². The summed E-state index contributed by atoms with van der Waals surface area (Å²) in [7, 11) is 1.45. The van der Waals surface area contributed by atoms with Crippen LogP contribution in [0.3, 0.4) is 0 Å². The lowest BCUT2D eigenvalue weighted by atomic mass is 9.88. The molecule has 3 unspecified atom stereocenters. The molecule has 0 amide bonds. The molecule has 1 heterocycles. The van der Waals surface area contributed by atoms with Gasteiger partial charge in [-0.1, -0.05) is 12.1 Å². The average Bonchev–Trinajstić information content (AvgIpc) is 2.75. The molecule has 0 bridgehead atoms. The lowest BCUT2D eigenvalue weighted by Gasteiger charge is -2.23. The summed E-state index contributed by atoms with van der Waals surface area (Å²) in [5, 5.41) is 0. The molecule has 1 aromatic rings. The summed E-state index contributed by atoms with van der Waals surface area (Å²) in [6, 6.07) is 4.73. The van der Waals surface area contributed by atoms with E-state index in [4.69, 9.17) is 15.2 Å². The number of hydrogen-bond donors (Lipinski definition) is 1. The summed E-state index contributed by atoms with van der Waals surface area (Å²) in [5.74, 6) is 0.0442. The SMILES string of the molecule is COc1cccc(C(N)C2CCOC2C)c1F. The Bertz CT molecular complexity index is 397. The normalized spacial score (nSPS) is 25.9. The molecule has 1 aliphatic heterocycles. The van der Waals surface area contributed by atoms with E-state index >= 15 is 0 Å². The van der Waals surface area contributed by atoms with Crippen molar-refractivity contribution in [2.24, 2.45) is 11.7 Å². The monoisotopic (exact) mass is 239 g/mol. The lowest BCUT2D eigenvalue weighted by molar-refractivity contribution is 0.0991. The fraction of sp³-hybridized carbons (Fsp3) is 0.538. The summed E-state index contributed by atoms with van der Waals surface area (Å²) in [4.78, 5) is 0. The Hall–Kier alpha value is -1.13. The molecule has 0 aromatic heterocycles. The summed E-state index contributed by atoms with van der Waals surface area (Å²) < 4.78 is 24.5. The Kier molecular flexibility index (Phi) is 3.64. The largest absolute Gasteiger partial charge is 0.494 e. The van der Waals surface area contributed by atoms with Crippen LogP contribution in [0.2, 0.25) is 0 Å². The van der Waals surface area contributed by atoms with Gasteiger partial charge < -0.3 is 15.2 Å². The van der Waals surface area contributed by atoms with Crippen LogP contribution in [-0.4, -0.2) is 19.8 Å². The fourth-order valence-electron chi connectivity index (χ4n) is 2.39. The predicted octanol–water partition coefficient (Wildman–Crippen LogP) is 2.26. The highest BCUT2D eigenvalue weighted by molar-refractivity contribution is 5.33. The Labute approximate surface area is 101 Å². The maximum Gasteiger partial charge on any atom is 0.169 e. The van der Waals surface area contributed by atoms with Crippen LogP contribution in [0.4, 0.5) is 4.39 Å². The molecule has 1 saturated heterocycles. The topological polar surface area (TPSA) is 44.5 Å². The minimum atomic E-state index is -0.360. The molecular formula is C13H18FNO2. The van der Waals surface area contributed by atoms with Gasteiger partial charge in [-0.3, -0.25) is 0 Å². The molecule has 2 N–H and O–H groups in total. The Morgan fingerprint density at radius 3 is 2.88 bits per heavy atom. The maximum absolute atomic E-state index is 14.1. The maximum atomic E-state index is 14.1. The van der Waals surface area contributed by atoms with E-state index < -0.39 is 0 Å². The summed E-state index contributed by atoms with van der Waals surface area (Å²) in [5.41, 5.74) is 6.65. The van der Waals surface area contributed by atoms with Crippen molar-refractivity contribution in [1.29, 1.82) is 0 Å². The molecular weight excluding hydrogens is 221 g/mol. The quantitative estimate of drug-likeness (QED) is 0.880. The Morgan fingerprint density at radius 1 is 1.53 bits per heavy atom. The van der Waals surface area contributed by atoms with Gasteiger partial charge in [-0.05, 0) is 19.4 Å². The van der Waals surface area contributed by atoms with Gasteiger partial charge in [0.1, 0.15) is 0 Å². The van der Waals surface area contributed by atoms with Gasteiger partial charge in [-0.15, -0.1) is 0 Å². The van der Waals surface area contributed by atoms with Crippen molar-refractivity contribution < 1.29 is 13.9 Å². The van der Waals surface area contributed by atoms with Crippen molar-refractivity contribution in [3.05, 3.63) is 29.6 Å². The zero-order valence-corrected chi connectivity index (χ0v) is 10.2. The lowest BCUT2D eigenvalue weighted by Crippen LogP contribution is -2.27. The molecule has 0 saturated carbocycles. The first-order chi connectivity index (χ1) is 8.15. The van der Waals surface area contributed by atoms with E-state index in [0.29, 0.717) is 12.2 Å². The third-order valence-corrected chi connectivity index (χ3v) is 3.47. The minimum absolute atomic E-state index is 0.0793. The Morgan fingerprint density at radius 2 is 2.29 bits per heavy atom. The second-order valence-corrected chi connectivity index (χ2v) is 4.42. The highest BCUT2D eigenvalue weighted by Gasteiger charge is 2.32. The van der Waals surface area contributed by atoms with E-state index in [-0.39, 0.29) is 29.6 Å². The third kappa shape index (κ3) is 2.28. The molecule has 1 fully saturated rings. The van der Waals surface area contributed by atoms with Crippen LogP contribution in [0.15, 0.2) is 18.2 Å². The van der Waals surface area contributed by atoms with Crippen LogP contribution < -0.4 is 10.5 Å². The van der Waals surface area contributed by atoms with E-state index in [1.807, 2.05) is 6.92 Å². The highest BCUT2D eigenvalue weighted by atomic mass is 19.1. The first-order valence-electron chi connectivity index (χ1n) is 5.84. The van der Waals surface area contributed by atoms with Gasteiger partial charge in [-0.2, -0.15) is 0 Å². The van der Waals surface area contributed by atoms with Crippen LogP contribution in [0.1, 0.15) is 24.9 Å². The second kappa shape index (κ2) is 5.02. The number of rotatable bonds is 3. The number of benzene rings is 1. The van der Waals surface area contributed by atoms with Crippen LogP contribution in [0.5, 0.6) is 5.75 Å². The number of hydrogen-bond acceptors (Lipinski definition) is 3. The van der Waals surface area contributed by atoms with Gasteiger partial charge in [0.2, 0.25) is 0 Å². The first-order valence-corrected chi connectivity index (χ1v) is 5.84. The van der Waals surface area contributed by atoms with Crippen molar-refractivity contribution in [3.63, 3.8) is 0 Å². The molecule has 17 heavy (non-hydrogen) atoms. The molecule has 0 radical (unpaired) electrons. The van der Waals surface area contributed by atoms with Crippen molar-refractivity contribution in [1.82, 2.24) is 0 Å². The molecule has 1 aliphatic rings. The number of methoxy groups -OCH3 is 1. The summed E-state index contributed by atoms with van der Waals surface area (Å²) >= 11 is 0. The molecule has 0 spiro atoms. The van der Waals surface area contributed by atoms with Gasteiger partial charge >= 0.3 is 0 Å². The van der Waals surface area contributed by atoms with E-state index in [0.717, 1.165) is 6.42 Å². The van der Waals surface area contributed by atoms with Gasteiger partial charge in [0, 0.05) is 24.1 Å². The first kappa shape index (κ1) is 12.3. The molecule has 94 valence electrons. The third-order valence-electron chi connectivity index (χ3n) is 3.47. The number of halogens is 1. The average molecular weight is 239 g/mol. The van der Waals surface area contributed by atoms with Crippen molar-refractivity contribution >= 4 is 0 Å². The minimum Gasteiger partial charge on any atom is -0.494 e.